The van der Waals surface area contributed by atoms with Gasteiger partial charge in [-0.25, -0.2) is 13.8 Å². The van der Waals surface area contributed by atoms with E-state index in [9.17, 15) is 14.0 Å². The predicted molar refractivity (Wildman–Crippen MR) is 189 cm³/mol. The fourth-order valence-electron chi connectivity index (χ4n) is 5.29. The largest absolute Gasteiger partial charge is 0.490 e. The maximum absolute atomic E-state index is 15.0. The number of hydrogen-bond donors (Lipinski definition) is 2. The number of likely N-dealkylation sites (N-methyl/N-ethyl adjacent to an activating group) is 1. The topological polar surface area (TPSA) is 112 Å². The highest BCUT2D eigenvalue weighted by molar-refractivity contribution is 6.32. The maximum atomic E-state index is 15.0. The van der Waals surface area contributed by atoms with Gasteiger partial charge in [0.15, 0.2) is 11.6 Å². The summed E-state index contributed by atoms with van der Waals surface area (Å²) in [6.07, 6.45) is 1.97. The number of halogens is 3. The van der Waals surface area contributed by atoms with E-state index in [0.717, 1.165) is 39.1 Å². The van der Waals surface area contributed by atoms with E-state index in [0.29, 0.717) is 30.9 Å². The SMILES string of the molecule is CCN(CC)C(=O)c1ccc(Oc2nc(Nc3ccc(OCCCN4CCN(C)CC4)c(F)c3)ncc2C(=O)Nc2ccccc2F)c(Cl)c1. The van der Waals surface area contributed by atoms with Crippen LogP contribution in [0.2, 0.25) is 5.02 Å². The molecule has 0 bridgehead atoms. The number of carbonyl (C=O) groups excluding carboxylic acids is 2. The summed E-state index contributed by atoms with van der Waals surface area (Å²) in [5, 5.41) is 5.51. The molecular formula is C36H40ClF2N7O4. The molecular weight excluding hydrogens is 668 g/mol. The number of nitrogens with one attached hydrogen (secondary N) is 2. The zero-order valence-corrected chi connectivity index (χ0v) is 29.0. The Morgan fingerprint density at radius 2 is 1.70 bits per heavy atom. The molecule has 50 heavy (non-hydrogen) atoms. The highest BCUT2D eigenvalue weighted by Crippen LogP contribution is 2.33. The van der Waals surface area contributed by atoms with Crippen LogP contribution in [0.3, 0.4) is 0 Å². The molecule has 3 aromatic carbocycles. The van der Waals surface area contributed by atoms with Crippen LogP contribution in [0.25, 0.3) is 0 Å². The Hall–Kier alpha value is -4.85. The molecule has 2 N–H and O–H groups in total. The first-order valence-electron chi connectivity index (χ1n) is 16.4. The molecule has 1 aliphatic rings. The second kappa shape index (κ2) is 17.2. The van der Waals surface area contributed by atoms with Gasteiger partial charge in [0.25, 0.3) is 11.8 Å². The number of piperazine rings is 1. The van der Waals surface area contributed by atoms with Crippen molar-refractivity contribution >= 4 is 40.7 Å². The number of para-hydroxylation sites is 1. The Morgan fingerprint density at radius 3 is 2.40 bits per heavy atom. The average Bonchev–Trinajstić information content (AvgIpc) is 3.10. The molecule has 1 fully saturated rings. The molecule has 0 radical (unpaired) electrons. The van der Waals surface area contributed by atoms with Gasteiger partial charge in [-0.05, 0) is 69.8 Å². The summed E-state index contributed by atoms with van der Waals surface area (Å²) in [5.41, 5.74) is 0.488. The van der Waals surface area contributed by atoms with Crippen LogP contribution >= 0.6 is 11.6 Å². The molecule has 11 nitrogen and oxygen atoms in total. The third kappa shape index (κ3) is 9.43. The molecule has 0 saturated carbocycles. The van der Waals surface area contributed by atoms with Crippen molar-refractivity contribution in [1.29, 1.82) is 0 Å². The van der Waals surface area contributed by atoms with E-state index in [1.54, 1.807) is 23.1 Å². The highest BCUT2D eigenvalue weighted by atomic mass is 35.5. The number of ether oxygens (including phenoxy) is 2. The van der Waals surface area contributed by atoms with Crippen LogP contribution in [0, 0.1) is 11.6 Å². The number of nitrogens with zero attached hydrogens (tertiary/aromatic N) is 5. The second-order valence-corrected chi connectivity index (χ2v) is 12.1. The van der Waals surface area contributed by atoms with Gasteiger partial charge in [-0.1, -0.05) is 23.7 Å². The van der Waals surface area contributed by atoms with Gasteiger partial charge in [-0.15, -0.1) is 0 Å². The van der Waals surface area contributed by atoms with Crippen LogP contribution in [0.5, 0.6) is 17.4 Å². The van der Waals surface area contributed by atoms with Gasteiger partial charge in [0.2, 0.25) is 11.8 Å². The van der Waals surface area contributed by atoms with Crippen molar-refractivity contribution in [1.82, 2.24) is 24.7 Å². The smallest absolute Gasteiger partial charge is 0.262 e. The van der Waals surface area contributed by atoms with Crippen molar-refractivity contribution < 1.29 is 27.8 Å². The summed E-state index contributed by atoms with van der Waals surface area (Å²) in [6, 6.07) is 14.6. The normalized spacial score (nSPS) is 13.5. The molecule has 0 spiro atoms. The van der Waals surface area contributed by atoms with E-state index >= 15 is 4.39 Å². The van der Waals surface area contributed by atoms with Crippen molar-refractivity contribution in [3.63, 3.8) is 0 Å². The van der Waals surface area contributed by atoms with E-state index in [2.05, 4.69) is 37.4 Å². The number of benzene rings is 3. The summed E-state index contributed by atoms with van der Waals surface area (Å²) in [7, 11) is 2.11. The third-order valence-electron chi connectivity index (χ3n) is 8.22. The lowest BCUT2D eigenvalue weighted by molar-refractivity contribution is 0.0772. The molecule has 2 amide bonds. The van der Waals surface area contributed by atoms with Crippen LogP contribution in [0.15, 0.2) is 66.9 Å². The van der Waals surface area contributed by atoms with E-state index in [1.165, 1.54) is 48.7 Å². The van der Waals surface area contributed by atoms with Gasteiger partial charge in [-0.2, -0.15) is 4.98 Å². The monoisotopic (exact) mass is 707 g/mol. The first-order valence-corrected chi connectivity index (χ1v) is 16.8. The molecule has 0 atom stereocenters. The van der Waals surface area contributed by atoms with Gasteiger partial charge in [0, 0.05) is 69.3 Å². The van der Waals surface area contributed by atoms with Crippen LogP contribution in [0.1, 0.15) is 41.0 Å². The summed E-state index contributed by atoms with van der Waals surface area (Å²) in [4.78, 5) is 41.1. The minimum absolute atomic E-state index is 0.0212. The van der Waals surface area contributed by atoms with Crippen molar-refractivity contribution in [2.75, 3.05) is 70.1 Å². The minimum Gasteiger partial charge on any atom is -0.490 e. The number of aromatic nitrogens is 2. The quantitative estimate of drug-likeness (QED) is 0.138. The number of amides is 2. The number of carbonyl (C=O) groups is 2. The van der Waals surface area contributed by atoms with Gasteiger partial charge >= 0.3 is 0 Å². The molecule has 5 rings (SSSR count). The zero-order valence-electron chi connectivity index (χ0n) is 28.2. The maximum Gasteiger partial charge on any atom is 0.262 e. The first-order chi connectivity index (χ1) is 24.1. The van der Waals surface area contributed by atoms with Gasteiger partial charge in [-0.3, -0.25) is 9.59 Å². The lowest BCUT2D eigenvalue weighted by Gasteiger charge is -2.32. The molecule has 0 aliphatic carbocycles. The average molecular weight is 708 g/mol. The third-order valence-corrected chi connectivity index (χ3v) is 8.51. The van der Waals surface area contributed by atoms with Gasteiger partial charge in [0.05, 0.1) is 17.3 Å². The Labute approximate surface area is 295 Å². The van der Waals surface area contributed by atoms with Gasteiger partial charge < -0.3 is 34.8 Å². The lowest BCUT2D eigenvalue weighted by Crippen LogP contribution is -2.44. The predicted octanol–water partition coefficient (Wildman–Crippen LogP) is 6.69. The van der Waals surface area contributed by atoms with Crippen LogP contribution in [0.4, 0.5) is 26.1 Å². The number of rotatable bonds is 14. The van der Waals surface area contributed by atoms with Crippen molar-refractivity contribution in [2.45, 2.75) is 20.3 Å². The second-order valence-electron chi connectivity index (χ2n) is 11.7. The molecule has 4 aromatic rings. The summed E-state index contributed by atoms with van der Waals surface area (Å²) >= 11 is 6.53. The Bertz CT molecular complexity index is 1800. The Balaban J connectivity index is 1.32. The number of anilines is 3. The highest BCUT2D eigenvalue weighted by Gasteiger charge is 2.21. The summed E-state index contributed by atoms with van der Waals surface area (Å²) in [5.74, 6) is -2.17. The van der Waals surface area contributed by atoms with E-state index in [4.69, 9.17) is 21.1 Å². The Kier molecular flexibility index (Phi) is 12.5. The van der Waals surface area contributed by atoms with Crippen LogP contribution < -0.4 is 20.1 Å². The lowest BCUT2D eigenvalue weighted by atomic mass is 10.2. The minimum atomic E-state index is -0.749. The van der Waals surface area contributed by atoms with E-state index < -0.39 is 17.5 Å². The van der Waals surface area contributed by atoms with Crippen molar-refractivity contribution in [3.05, 3.63) is 94.6 Å². The molecule has 1 aromatic heterocycles. The fraction of sp³-hybridized carbons (Fsp3) is 0.333. The van der Waals surface area contributed by atoms with E-state index in [1.807, 2.05) is 13.8 Å². The summed E-state index contributed by atoms with van der Waals surface area (Å²) < 4.78 is 41.1. The summed E-state index contributed by atoms with van der Waals surface area (Å²) in [6.45, 7) is 10.2. The molecule has 0 unspecified atom stereocenters. The van der Waals surface area contributed by atoms with Crippen molar-refractivity contribution in [2.24, 2.45) is 0 Å². The molecule has 1 saturated heterocycles. The fourth-order valence-corrected chi connectivity index (χ4v) is 5.51. The standard InChI is InChI=1S/C36H40ClF2N7O4/c1-4-46(5-2)35(48)24-11-13-31(27(37)21-24)50-34-26(33(47)42-30-10-7-6-9-28(30)38)23-40-36(43-34)41-25-12-14-32(29(39)22-25)49-20-8-15-45-18-16-44(3)17-19-45/h6-7,9-14,21-23H,4-5,8,15-20H2,1-3H3,(H,42,47)(H,40,41,43). The van der Waals surface area contributed by atoms with E-state index in [-0.39, 0.29) is 45.5 Å². The zero-order chi connectivity index (χ0) is 35.6. The van der Waals surface area contributed by atoms with Crippen LogP contribution in [-0.4, -0.2) is 95.9 Å². The molecule has 264 valence electrons. The molecule has 2 heterocycles. The molecule has 1 aliphatic heterocycles. The first kappa shape index (κ1) is 36.4. The van der Waals surface area contributed by atoms with Crippen LogP contribution in [-0.2, 0) is 0 Å². The Morgan fingerprint density at radius 1 is 0.960 bits per heavy atom. The van der Waals surface area contributed by atoms with Crippen molar-refractivity contribution in [3.8, 4) is 17.4 Å². The number of hydrogen-bond acceptors (Lipinski definition) is 9. The van der Waals surface area contributed by atoms with Gasteiger partial charge in [0.1, 0.15) is 17.1 Å². The molecule has 14 heteroatoms.